The van der Waals surface area contributed by atoms with Gasteiger partial charge in [-0.15, -0.1) is 0 Å². The van der Waals surface area contributed by atoms with Gasteiger partial charge in [-0.3, -0.25) is 0 Å². The molecule has 0 aromatic heterocycles. The Hall–Kier alpha value is -4.95. The maximum absolute atomic E-state index is 6.57. The van der Waals surface area contributed by atoms with Crippen molar-refractivity contribution in [3.63, 3.8) is 0 Å². The summed E-state index contributed by atoms with van der Waals surface area (Å²) in [6.07, 6.45) is 13.7. The normalized spacial score (nSPS) is 15.9. The molecular formula is C44H43NO. The van der Waals surface area contributed by atoms with Crippen molar-refractivity contribution < 1.29 is 4.74 Å². The number of benzene rings is 5. The van der Waals surface area contributed by atoms with E-state index in [2.05, 4.69) is 141 Å². The highest BCUT2D eigenvalue weighted by Gasteiger charge is 2.24. The Bertz CT molecular complexity index is 1970. The fraction of sp³-hybridized carbons (Fsp3) is 0.205. The molecule has 0 fully saturated rings. The molecule has 46 heavy (non-hydrogen) atoms. The Morgan fingerprint density at radius 2 is 1.59 bits per heavy atom. The van der Waals surface area contributed by atoms with Gasteiger partial charge in [-0.1, -0.05) is 136 Å². The quantitative estimate of drug-likeness (QED) is 0.177. The van der Waals surface area contributed by atoms with E-state index in [0.717, 1.165) is 60.6 Å². The van der Waals surface area contributed by atoms with Crippen molar-refractivity contribution in [2.24, 2.45) is 4.99 Å². The molecule has 4 bridgehead atoms. The third kappa shape index (κ3) is 6.39. The Kier molecular flexibility index (Phi) is 9.74. The van der Waals surface area contributed by atoms with Crippen molar-refractivity contribution in [2.75, 3.05) is 0 Å². The van der Waals surface area contributed by atoms with Gasteiger partial charge >= 0.3 is 0 Å². The third-order valence-corrected chi connectivity index (χ3v) is 8.71. The minimum absolute atomic E-state index is 0.839. The van der Waals surface area contributed by atoms with Crippen LogP contribution in [-0.2, 0) is 12.8 Å². The lowest BCUT2D eigenvalue weighted by atomic mass is 9.85. The Labute approximate surface area is 274 Å². The lowest BCUT2D eigenvalue weighted by Gasteiger charge is -2.25. The van der Waals surface area contributed by atoms with Crippen LogP contribution in [0.15, 0.2) is 138 Å². The molecule has 0 saturated carbocycles. The summed E-state index contributed by atoms with van der Waals surface area (Å²) in [5, 5.41) is 2.40. The van der Waals surface area contributed by atoms with Gasteiger partial charge in [0.05, 0.1) is 11.4 Å². The highest BCUT2D eigenvalue weighted by Crippen LogP contribution is 2.44. The predicted molar refractivity (Wildman–Crippen MR) is 197 cm³/mol. The van der Waals surface area contributed by atoms with Crippen molar-refractivity contribution in [3.05, 3.63) is 161 Å². The number of ether oxygens (including phenoxy) is 1. The summed E-state index contributed by atoms with van der Waals surface area (Å²) in [7, 11) is 0. The second kappa shape index (κ2) is 14.4. The van der Waals surface area contributed by atoms with Gasteiger partial charge in [-0.05, 0) is 77.6 Å². The molecular weight excluding hydrogens is 558 g/mol. The maximum Gasteiger partial charge on any atom is 0.138 e. The Balaban J connectivity index is 0.00000182. The molecule has 230 valence electrons. The molecule has 2 heteroatoms. The van der Waals surface area contributed by atoms with Crippen molar-refractivity contribution in [1.29, 1.82) is 0 Å². The molecule has 2 aliphatic heterocycles. The SMILES string of the molecule is CC.CCC/C=C(/C(=Nc1ccccc1C)c1ccccc1)c1ccc2c(c1)C/C=C\C=C1/CCc3c-2cc2ccccc2c3O1. The number of hydrogen-bond donors (Lipinski definition) is 0. The van der Waals surface area contributed by atoms with Gasteiger partial charge in [0.1, 0.15) is 11.5 Å². The van der Waals surface area contributed by atoms with E-state index in [1.165, 1.54) is 49.7 Å². The van der Waals surface area contributed by atoms with Gasteiger partial charge in [0, 0.05) is 28.5 Å². The summed E-state index contributed by atoms with van der Waals surface area (Å²) in [6, 6.07) is 37.0. The zero-order chi connectivity index (χ0) is 31.9. The largest absolute Gasteiger partial charge is 0.461 e. The molecule has 0 unspecified atom stereocenters. The molecule has 2 heterocycles. The molecule has 5 aromatic rings. The monoisotopic (exact) mass is 601 g/mol. The van der Waals surface area contributed by atoms with Crippen molar-refractivity contribution >= 4 is 27.7 Å². The maximum atomic E-state index is 6.57. The second-order valence-electron chi connectivity index (χ2n) is 11.7. The molecule has 2 nitrogen and oxygen atoms in total. The summed E-state index contributed by atoms with van der Waals surface area (Å²) in [4.78, 5) is 5.34. The lowest BCUT2D eigenvalue weighted by Crippen LogP contribution is -2.09. The van der Waals surface area contributed by atoms with E-state index >= 15 is 0 Å². The van der Waals surface area contributed by atoms with E-state index in [1.54, 1.807) is 0 Å². The first-order valence-corrected chi connectivity index (χ1v) is 16.8. The zero-order valence-electron chi connectivity index (χ0n) is 27.5. The minimum Gasteiger partial charge on any atom is -0.461 e. The van der Waals surface area contributed by atoms with Crippen molar-refractivity contribution in [1.82, 2.24) is 0 Å². The van der Waals surface area contributed by atoms with E-state index in [0.29, 0.717) is 0 Å². The zero-order valence-corrected chi connectivity index (χ0v) is 27.5. The van der Waals surface area contributed by atoms with E-state index in [1.807, 2.05) is 13.8 Å². The number of hydrogen-bond acceptors (Lipinski definition) is 2. The number of fused-ring (bicyclic) bond motifs is 4. The molecule has 0 spiro atoms. The standard InChI is InChI=1S/C42H37NO.C2H6/c1-3-4-20-36(41(30-15-6-5-7-16-30)43-40-22-13-8-14-29(40)2)33-23-25-35-31(27-33)17-9-11-19-34-24-26-38-39(35)28-32-18-10-12-21-37(32)42(38)44-34;1-2/h5-16,18-23,25,27-28H,3-4,17,24,26H2,1-2H3;1-2H3/b11-9-,34-19+,36-20+,43-41?;. The number of allylic oxidation sites excluding steroid dienone is 6. The summed E-state index contributed by atoms with van der Waals surface area (Å²) >= 11 is 0. The van der Waals surface area contributed by atoms with Crippen LogP contribution in [0.3, 0.4) is 0 Å². The number of nitrogens with zero attached hydrogens (tertiary/aromatic N) is 1. The van der Waals surface area contributed by atoms with Crippen LogP contribution in [0, 0.1) is 6.92 Å². The molecule has 0 amide bonds. The van der Waals surface area contributed by atoms with Crippen molar-refractivity contribution in [2.45, 2.75) is 59.8 Å². The van der Waals surface area contributed by atoms with Crippen LogP contribution >= 0.6 is 0 Å². The average Bonchev–Trinajstić information content (AvgIpc) is 3.15. The molecule has 1 aliphatic carbocycles. The molecule has 0 radical (unpaired) electrons. The first-order chi connectivity index (χ1) is 22.7. The number of para-hydroxylation sites is 1. The number of aliphatic imine (C=N–C) groups is 1. The van der Waals surface area contributed by atoms with Gasteiger partial charge in [0.25, 0.3) is 0 Å². The van der Waals surface area contributed by atoms with Gasteiger partial charge in [0.2, 0.25) is 0 Å². The van der Waals surface area contributed by atoms with Crippen LogP contribution in [0.2, 0.25) is 0 Å². The fourth-order valence-electron chi connectivity index (χ4n) is 6.40. The third-order valence-electron chi connectivity index (χ3n) is 8.71. The molecule has 0 N–H and O–H groups in total. The van der Waals surface area contributed by atoms with Crippen LogP contribution in [0.1, 0.15) is 67.9 Å². The topological polar surface area (TPSA) is 21.6 Å². The van der Waals surface area contributed by atoms with Crippen LogP contribution < -0.4 is 4.74 Å². The lowest BCUT2D eigenvalue weighted by molar-refractivity contribution is 0.383. The fourth-order valence-corrected chi connectivity index (χ4v) is 6.40. The average molecular weight is 602 g/mol. The van der Waals surface area contributed by atoms with Gasteiger partial charge in [-0.2, -0.15) is 0 Å². The number of unbranched alkanes of at least 4 members (excludes halogenated alkanes) is 1. The molecule has 0 saturated heterocycles. The van der Waals surface area contributed by atoms with Gasteiger partial charge in [0.15, 0.2) is 0 Å². The minimum atomic E-state index is 0.839. The van der Waals surface area contributed by atoms with E-state index in [-0.39, 0.29) is 0 Å². The second-order valence-corrected chi connectivity index (χ2v) is 11.7. The molecule has 5 aromatic carbocycles. The smallest absolute Gasteiger partial charge is 0.138 e. The van der Waals surface area contributed by atoms with Crippen LogP contribution in [-0.4, -0.2) is 5.71 Å². The highest BCUT2D eigenvalue weighted by atomic mass is 16.5. The first-order valence-electron chi connectivity index (χ1n) is 16.8. The number of rotatable bonds is 6. The van der Waals surface area contributed by atoms with E-state index in [4.69, 9.17) is 9.73 Å². The van der Waals surface area contributed by atoms with Crippen LogP contribution in [0.4, 0.5) is 5.69 Å². The molecule has 3 aliphatic rings. The Morgan fingerprint density at radius 1 is 0.804 bits per heavy atom. The summed E-state index contributed by atoms with van der Waals surface area (Å²) < 4.78 is 6.57. The van der Waals surface area contributed by atoms with Crippen LogP contribution in [0.25, 0.3) is 27.5 Å². The van der Waals surface area contributed by atoms with E-state index in [9.17, 15) is 0 Å². The molecule has 0 atom stereocenters. The Morgan fingerprint density at radius 3 is 2.41 bits per heavy atom. The van der Waals surface area contributed by atoms with Gasteiger partial charge in [-0.25, -0.2) is 4.99 Å². The molecule has 8 rings (SSSR count). The first kappa shape index (κ1) is 31.0. The highest BCUT2D eigenvalue weighted by molar-refractivity contribution is 6.32. The summed E-state index contributed by atoms with van der Waals surface area (Å²) in [6.45, 7) is 8.37. The van der Waals surface area contributed by atoms with Gasteiger partial charge < -0.3 is 4.74 Å². The van der Waals surface area contributed by atoms with Crippen LogP contribution in [0.5, 0.6) is 5.75 Å². The van der Waals surface area contributed by atoms with Crippen molar-refractivity contribution in [3.8, 4) is 16.9 Å². The van der Waals surface area contributed by atoms with E-state index < -0.39 is 0 Å². The summed E-state index contributed by atoms with van der Waals surface area (Å²) in [5.41, 5.74) is 11.9. The summed E-state index contributed by atoms with van der Waals surface area (Å²) in [5.74, 6) is 2.05. The predicted octanol–water partition coefficient (Wildman–Crippen LogP) is 12.2. The number of aryl methyl sites for hydroxylation is 1.